The number of carboxylic acid groups (broad SMARTS) is 1. The van der Waals surface area contributed by atoms with E-state index in [1.165, 1.54) is 17.7 Å². The van der Waals surface area contributed by atoms with Gasteiger partial charge >= 0.3 is 5.97 Å². The Labute approximate surface area is 141 Å². The van der Waals surface area contributed by atoms with E-state index in [0.717, 1.165) is 31.2 Å². The Hall–Kier alpha value is -2.20. The van der Waals surface area contributed by atoms with E-state index in [9.17, 15) is 9.18 Å². The number of aromatic carboxylic acids is 1. The van der Waals surface area contributed by atoms with Crippen molar-refractivity contribution in [3.8, 4) is 0 Å². The number of carboxylic acids is 1. The molecule has 1 saturated carbocycles. The summed E-state index contributed by atoms with van der Waals surface area (Å²) in [5, 5.41) is 12.6. The maximum atomic E-state index is 13.0. The molecule has 0 radical (unpaired) electrons. The zero-order chi connectivity index (χ0) is 16.9. The molecule has 0 atom stereocenters. The summed E-state index contributed by atoms with van der Waals surface area (Å²) in [6.07, 6.45) is 4.36. The molecule has 2 N–H and O–H groups in total. The van der Waals surface area contributed by atoms with Crippen LogP contribution in [0.15, 0.2) is 48.5 Å². The lowest BCUT2D eigenvalue weighted by molar-refractivity contribution is 0.0696. The van der Waals surface area contributed by atoms with Crippen molar-refractivity contribution in [3.63, 3.8) is 0 Å². The average molecular weight is 327 g/mol. The fraction of sp³-hybridized carbons (Fsp3) is 0.350. The van der Waals surface area contributed by atoms with Gasteiger partial charge in [-0.15, -0.1) is 0 Å². The molecular formula is C20H22FNO2. The van der Waals surface area contributed by atoms with Crippen molar-refractivity contribution >= 4 is 5.97 Å². The molecule has 2 aromatic carbocycles. The lowest BCUT2D eigenvalue weighted by Gasteiger charge is -2.29. The van der Waals surface area contributed by atoms with Crippen LogP contribution in [0.25, 0.3) is 0 Å². The minimum atomic E-state index is -0.892. The molecule has 3 nitrogen and oxygen atoms in total. The second-order valence-electron chi connectivity index (χ2n) is 6.49. The summed E-state index contributed by atoms with van der Waals surface area (Å²) < 4.78 is 13.0. The molecular weight excluding hydrogens is 305 g/mol. The Morgan fingerprint density at radius 1 is 1.08 bits per heavy atom. The van der Waals surface area contributed by atoms with Crippen LogP contribution < -0.4 is 5.32 Å². The van der Waals surface area contributed by atoms with Crippen molar-refractivity contribution in [1.29, 1.82) is 0 Å². The molecule has 0 bridgehead atoms. The fourth-order valence-electron chi connectivity index (χ4n) is 3.44. The quantitative estimate of drug-likeness (QED) is 0.859. The number of halogens is 1. The summed E-state index contributed by atoms with van der Waals surface area (Å²) in [6.45, 7) is 0.688. The largest absolute Gasteiger partial charge is 0.478 e. The Kier molecular flexibility index (Phi) is 5.26. The van der Waals surface area contributed by atoms with Gasteiger partial charge in [-0.25, -0.2) is 9.18 Å². The van der Waals surface area contributed by atoms with E-state index in [2.05, 4.69) is 5.32 Å². The molecule has 0 spiro atoms. The summed E-state index contributed by atoms with van der Waals surface area (Å²) in [5.41, 5.74) is 2.55. The molecule has 1 fully saturated rings. The standard InChI is InChI=1S/C20H22FNO2/c21-18-8-4-15(5-9-18)16-6-10-19(11-7-16)22-13-14-2-1-3-17(12-14)20(23)24/h1-5,8-9,12,16,19,22H,6-7,10-11,13H2,(H,23,24). The van der Waals surface area contributed by atoms with Crippen LogP contribution in [0, 0.1) is 5.82 Å². The second-order valence-corrected chi connectivity index (χ2v) is 6.49. The highest BCUT2D eigenvalue weighted by Crippen LogP contribution is 2.33. The minimum Gasteiger partial charge on any atom is -0.478 e. The fourth-order valence-corrected chi connectivity index (χ4v) is 3.44. The van der Waals surface area contributed by atoms with Crippen LogP contribution in [0.1, 0.15) is 53.1 Å². The van der Waals surface area contributed by atoms with Crippen molar-refractivity contribution in [2.24, 2.45) is 0 Å². The SMILES string of the molecule is O=C(O)c1cccc(CNC2CCC(c3ccc(F)cc3)CC2)c1. The van der Waals surface area contributed by atoms with Crippen LogP contribution >= 0.6 is 0 Å². The predicted molar refractivity (Wildman–Crippen MR) is 91.6 cm³/mol. The van der Waals surface area contributed by atoms with E-state index < -0.39 is 5.97 Å². The van der Waals surface area contributed by atoms with E-state index in [1.807, 2.05) is 18.2 Å². The molecule has 4 heteroatoms. The first kappa shape index (κ1) is 16.7. The minimum absolute atomic E-state index is 0.183. The average Bonchev–Trinajstić information content (AvgIpc) is 2.61. The zero-order valence-electron chi connectivity index (χ0n) is 13.5. The Morgan fingerprint density at radius 2 is 1.79 bits per heavy atom. The van der Waals surface area contributed by atoms with Gasteiger partial charge in [-0.1, -0.05) is 24.3 Å². The number of benzene rings is 2. The molecule has 0 saturated heterocycles. The Morgan fingerprint density at radius 3 is 2.46 bits per heavy atom. The summed E-state index contributed by atoms with van der Waals surface area (Å²) in [5.74, 6) is -0.562. The maximum absolute atomic E-state index is 13.0. The monoisotopic (exact) mass is 327 g/mol. The maximum Gasteiger partial charge on any atom is 0.335 e. The van der Waals surface area contributed by atoms with Crippen molar-refractivity contribution < 1.29 is 14.3 Å². The molecule has 2 aromatic rings. The van der Waals surface area contributed by atoms with Gasteiger partial charge in [0.1, 0.15) is 5.82 Å². The van der Waals surface area contributed by atoms with Crippen molar-refractivity contribution in [1.82, 2.24) is 5.32 Å². The smallest absolute Gasteiger partial charge is 0.335 e. The van der Waals surface area contributed by atoms with Crippen LogP contribution in [0.3, 0.4) is 0 Å². The van der Waals surface area contributed by atoms with Gasteiger partial charge in [0.15, 0.2) is 0 Å². The summed E-state index contributed by atoms with van der Waals surface area (Å²) in [6, 6.07) is 14.4. The van der Waals surface area contributed by atoms with Gasteiger partial charge in [-0.3, -0.25) is 0 Å². The Bertz CT molecular complexity index is 691. The van der Waals surface area contributed by atoms with Gasteiger partial charge in [-0.05, 0) is 67.0 Å². The predicted octanol–water partition coefficient (Wildman–Crippen LogP) is 4.34. The number of rotatable bonds is 5. The van der Waals surface area contributed by atoms with Crippen LogP contribution in [-0.2, 0) is 6.54 Å². The number of carbonyl (C=O) groups is 1. The highest BCUT2D eigenvalue weighted by Gasteiger charge is 2.22. The molecule has 0 amide bonds. The van der Waals surface area contributed by atoms with Gasteiger partial charge in [0.25, 0.3) is 0 Å². The molecule has 126 valence electrons. The molecule has 0 aromatic heterocycles. The number of hydrogen-bond acceptors (Lipinski definition) is 2. The lowest BCUT2D eigenvalue weighted by atomic mass is 9.81. The topological polar surface area (TPSA) is 49.3 Å². The van der Waals surface area contributed by atoms with Crippen LogP contribution in [0.5, 0.6) is 0 Å². The van der Waals surface area contributed by atoms with Gasteiger partial charge in [0.05, 0.1) is 5.56 Å². The van der Waals surface area contributed by atoms with E-state index in [1.54, 1.807) is 18.2 Å². The summed E-state index contributed by atoms with van der Waals surface area (Å²) in [7, 11) is 0. The third-order valence-electron chi connectivity index (χ3n) is 4.84. The molecule has 0 unspecified atom stereocenters. The molecule has 1 aliphatic rings. The lowest BCUT2D eigenvalue weighted by Crippen LogP contribution is -2.32. The van der Waals surface area contributed by atoms with Crippen molar-refractivity contribution in [2.75, 3.05) is 0 Å². The Balaban J connectivity index is 1.50. The van der Waals surface area contributed by atoms with E-state index in [0.29, 0.717) is 24.1 Å². The van der Waals surface area contributed by atoms with Gasteiger partial charge < -0.3 is 10.4 Å². The first-order valence-corrected chi connectivity index (χ1v) is 8.43. The molecule has 3 rings (SSSR count). The summed E-state index contributed by atoms with van der Waals surface area (Å²) in [4.78, 5) is 11.0. The summed E-state index contributed by atoms with van der Waals surface area (Å²) >= 11 is 0. The van der Waals surface area contributed by atoms with Gasteiger partial charge in [0, 0.05) is 12.6 Å². The van der Waals surface area contributed by atoms with Crippen LogP contribution in [-0.4, -0.2) is 17.1 Å². The first-order chi connectivity index (χ1) is 11.6. The van der Waals surface area contributed by atoms with Crippen LogP contribution in [0.2, 0.25) is 0 Å². The zero-order valence-corrected chi connectivity index (χ0v) is 13.5. The van der Waals surface area contributed by atoms with Crippen molar-refractivity contribution in [3.05, 3.63) is 71.0 Å². The van der Waals surface area contributed by atoms with Gasteiger partial charge in [0.2, 0.25) is 0 Å². The van der Waals surface area contributed by atoms with E-state index in [4.69, 9.17) is 5.11 Å². The van der Waals surface area contributed by atoms with Crippen molar-refractivity contribution in [2.45, 2.75) is 44.2 Å². The first-order valence-electron chi connectivity index (χ1n) is 8.43. The normalized spacial score (nSPS) is 20.7. The third kappa shape index (κ3) is 4.20. The highest BCUT2D eigenvalue weighted by molar-refractivity contribution is 5.87. The molecule has 0 aliphatic heterocycles. The van der Waals surface area contributed by atoms with Crippen LogP contribution in [0.4, 0.5) is 4.39 Å². The molecule has 1 aliphatic carbocycles. The van der Waals surface area contributed by atoms with Gasteiger partial charge in [-0.2, -0.15) is 0 Å². The second kappa shape index (κ2) is 7.58. The van der Waals surface area contributed by atoms with E-state index >= 15 is 0 Å². The molecule has 0 heterocycles. The molecule has 24 heavy (non-hydrogen) atoms. The highest BCUT2D eigenvalue weighted by atomic mass is 19.1. The number of nitrogens with one attached hydrogen (secondary N) is 1. The number of hydrogen-bond donors (Lipinski definition) is 2. The van der Waals surface area contributed by atoms with E-state index in [-0.39, 0.29) is 5.82 Å². The third-order valence-corrected chi connectivity index (χ3v) is 4.84.